The molecule has 33 heavy (non-hydrogen) atoms. The van der Waals surface area contributed by atoms with Gasteiger partial charge in [0.05, 0.1) is 23.8 Å². The summed E-state index contributed by atoms with van der Waals surface area (Å²) in [5.74, 6) is -1.27. The first kappa shape index (κ1) is 24.7. The fourth-order valence-electron chi connectivity index (χ4n) is 4.21. The maximum atomic E-state index is 14.7. The number of carboxylic acids is 1. The SMILES string of the molecule is CCC(F)(CC)CN1CCC(COc2ccc(-c3ccc(C(=O)O)c(F)c3)c(C#N)c2)CC1. The van der Waals surface area contributed by atoms with Crippen LogP contribution in [0.5, 0.6) is 5.75 Å². The number of halogens is 2. The summed E-state index contributed by atoms with van der Waals surface area (Å²) in [5.41, 5.74) is -0.269. The van der Waals surface area contributed by atoms with Gasteiger partial charge < -0.3 is 14.7 Å². The zero-order valence-electron chi connectivity index (χ0n) is 19.1. The molecular weight excluding hydrogens is 426 g/mol. The van der Waals surface area contributed by atoms with Crippen LogP contribution in [-0.4, -0.2) is 47.9 Å². The number of hydrogen-bond acceptors (Lipinski definition) is 4. The van der Waals surface area contributed by atoms with Crippen molar-refractivity contribution in [3.05, 3.63) is 53.3 Å². The number of nitrogens with zero attached hydrogens (tertiary/aromatic N) is 2. The van der Waals surface area contributed by atoms with Gasteiger partial charge in [0.25, 0.3) is 0 Å². The van der Waals surface area contributed by atoms with Crippen LogP contribution >= 0.6 is 0 Å². The van der Waals surface area contributed by atoms with Crippen molar-refractivity contribution in [2.75, 3.05) is 26.2 Å². The van der Waals surface area contributed by atoms with Gasteiger partial charge in [-0.05, 0) is 86.1 Å². The minimum atomic E-state index is -1.34. The lowest BCUT2D eigenvalue weighted by molar-refractivity contribution is 0.0568. The summed E-state index contributed by atoms with van der Waals surface area (Å²) in [7, 11) is 0. The third-order valence-electron chi connectivity index (χ3n) is 6.59. The molecule has 0 radical (unpaired) electrons. The maximum Gasteiger partial charge on any atom is 0.338 e. The quantitative estimate of drug-likeness (QED) is 0.525. The van der Waals surface area contributed by atoms with Gasteiger partial charge in [0, 0.05) is 6.54 Å². The summed E-state index contributed by atoms with van der Waals surface area (Å²) >= 11 is 0. The molecule has 2 aromatic rings. The average molecular weight is 457 g/mol. The highest BCUT2D eigenvalue weighted by Crippen LogP contribution is 2.30. The third-order valence-corrected chi connectivity index (χ3v) is 6.59. The summed E-state index contributed by atoms with van der Waals surface area (Å²) in [6.07, 6.45) is 2.92. The molecule has 176 valence electrons. The Kier molecular flexibility index (Phi) is 8.04. The number of alkyl halides is 1. The van der Waals surface area contributed by atoms with Crippen molar-refractivity contribution in [1.82, 2.24) is 4.90 Å². The van der Waals surface area contributed by atoms with Gasteiger partial charge in [-0.3, -0.25) is 0 Å². The van der Waals surface area contributed by atoms with E-state index in [0.29, 0.717) is 54.4 Å². The first-order valence-electron chi connectivity index (χ1n) is 11.4. The second kappa shape index (κ2) is 10.8. The minimum Gasteiger partial charge on any atom is -0.493 e. The maximum absolute atomic E-state index is 14.7. The number of aromatic carboxylic acids is 1. The van der Waals surface area contributed by atoms with Crippen LogP contribution in [0.3, 0.4) is 0 Å². The fourth-order valence-corrected chi connectivity index (χ4v) is 4.21. The van der Waals surface area contributed by atoms with Crippen molar-refractivity contribution in [2.45, 2.75) is 45.2 Å². The summed E-state index contributed by atoms with van der Waals surface area (Å²) in [4.78, 5) is 13.2. The number of carboxylic acid groups (broad SMARTS) is 1. The molecule has 0 atom stereocenters. The van der Waals surface area contributed by atoms with Gasteiger partial charge in [-0.25, -0.2) is 13.6 Å². The van der Waals surface area contributed by atoms with Crippen LogP contribution in [0.4, 0.5) is 8.78 Å². The van der Waals surface area contributed by atoms with E-state index in [4.69, 9.17) is 9.84 Å². The summed E-state index contributed by atoms with van der Waals surface area (Å²) < 4.78 is 34.7. The van der Waals surface area contributed by atoms with Crippen molar-refractivity contribution in [3.63, 3.8) is 0 Å². The smallest absolute Gasteiger partial charge is 0.338 e. The molecule has 0 aliphatic carbocycles. The lowest BCUT2D eigenvalue weighted by Gasteiger charge is -2.36. The highest BCUT2D eigenvalue weighted by Gasteiger charge is 2.30. The van der Waals surface area contributed by atoms with Gasteiger partial charge in [0.15, 0.2) is 0 Å². The van der Waals surface area contributed by atoms with E-state index < -0.39 is 23.0 Å². The van der Waals surface area contributed by atoms with Gasteiger partial charge in [0.2, 0.25) is 0 Å². The zero-order valence-corrected chi connectivity index (χ0v) is 19.1. The van der Waals surface area contributed by atoms with Crippen molar-refractivity contribution in [1.29, 1.82) is 5.26 Å². The molecule has 1 aliphatic rings. The monoisotopic (exact) mass is 456 g/mol. The standard InChI is InChI=1S/C26H30F2N2O3/c1-3-26(28,4-2)17-30-11-9-18(10-12-30)16-33-21-6-8-22(20(13-21)15-29)19-5-7-23(25(31)32)24(27)14-19/h5-8,13-14,18H,3-4,9-12,16-17H2,1-2H3,(H,31,32). The Morgan fingerprint density at radius 2 is 1.91 bits per heavy atom. The molecule has 0 saturated carbocycles. The van der Waals surface area contributed by atoms with Crippen LogP contribution in [0.1, 0.15) is 55.5 Å². The van der Waals surface area contributed by atoms with E-state index >= 15 is 0 Å². The number of carbonyl (C=O) groups is 1. The largest absolute Gasteiger partial charge is 0.493 e. The van der Waals surface area contributed by atoms with Crippen LogP contribution in [-0.2, 0) is 0 Å². The normalized spacial score (nSPS) is 15.2. The second-order valence-electron chi connectivity index (χ2n) is 8.71. The topological polar surface area (TPSA) is 73.6 Å². The van der Waals surface area contributed by atoms with Gasteiger partial charge in [-0.1, -0.05) is 19.9 Å². The van der Waals surface area contributed by atoms with E-state index in [0.717, 1.165) is 32.0 Å². The molecule has 0 amide bonds. The van der Waals surface area contributed by atoms with E-state index in [2.05, 4.69) is 11.0 Å². The van der Waals surface area contributed by atoms with Gasteiger partial charge >= 0.3 is 5.97 Å². The Morgan fingerprint density at radius 1 is 1.21 bits per heavy atom. The molecule has 0 aromatic heterocycles. The lowest BCUT2D eigenvalue weighted by atomic mass is 9.94. The van der Waals surface area contributed by atoms with E-state index in [1.165, 1.54) is 12.1 Å². The third kappa shape index (κ3) is 6.08. The first-order valence-corrected chi connectivity index (χ1v) is 11.4. The number of piperidine rings is 1. The Balaban J connectivity index is 1.60. The number of likely N-dealkylation sites (tertiary alicyclic amines) is 1. The van der Waals surface area contributed by atoms with E-state index in [-0.39, 0.29) is 0 Å². The van der Waals surface area contributed by atoms with Crippen LogP contribution in [0.2, 0.25) is 0 Å². The lowest BCUT2D eigenvalue weighted by Crippen LogP contribution is -2.44. The molecule has 5 nitrogen and oxygen atoms in total. The molecule has 2 aromatic carbocycles. The second-order valence-corrected chi connectivity index (χ2v) is 8.71. The molecule has 1 fully saturated rings. The fraction of sp³-hybridized carbons (Fsp3) is 0.462. The summed E-state index contributed by atoms with van der Waals surface area (Å²) in [6, 6.07) is 10.9. The molecule has 0 unspecified atom stereocenters. The van der Waals surface area contributed by atoms with E-state index in [9.17, 15) is 18.8 Å². The van der Waals surface area contributed by atoms with Crippen molar-refractivity contribution in [2.24, 2.45) is 5.92 Å². The van der Waals surface area contributed by atoms with Gasteiger partial charge in [0.1, 0.15) is 17.2 Å². The number of benzene rings is 2. The molecule has 1 aliphatic heterocycles. The highest BCUT2D eigenvalue weighted by molar-refractivity contribution is 5.89. The molecule has 7 heteroatoms. The number of hydrogen-bond donors (Lipinski definition) is 1. The van der Waals surface area contributed by atoms with Crippen LogP contribution in [0, 0.1) is 23.1 Å². The predicted octanol–water partition coefficient (Wildman–Crippen LogP) is 5.68. The molecule has 1 heterocycles. The zero-order chi connectivity index (χ0) is 24.0. The molecule has 0 spiro atoms. The van der Waals surface area contributed by atoms with E-state index in [1.807, 2.05) is 13.8 Å². The van der Waals surface area contributed by atoms with Crippen molar-refractivity contribution >= 4 is 5.97 Å². The van der Waals surface area contributed by atoms with Crippen LogP contribution < -0.4 is 4.74 Å². The van der Waals surface area contributed by atoms with Crippen LogP contribution in [0.15, 0.2) is 36.4 Å². The summed E-state index contributed by atoms with van der Waals surface area (Å²) in [6.45, 7) is 6.48. The Hall–Kier alpha value is -2.98. The van der Waals surface area contributed by atoms with E-state index in [1.54, 1.807) is 18.2 Å². The van der Waals surface area contributed by atoms with Crippen molar-refractivity contribution in [3.8, 4) is 22.9 Å². The minimum absolute atomic E-state index is 0.322. The number of rotatable bonds is 9. The number of nitriles is 1. The Labute approximate surface area is 193 Å². The molecule has 3 rings (SSSR count). The predicted molar refractivity (Wildman–Crippen MR) is 123 cm³/mol. The van der Waals surface area contributed by atoms with Crippen molar-refractivity contribution < 1.29 is 23.4 Å². The molecule has 1 saturated heterocycles. The molecule has 0 bridgehead atoms. The Morgan fingerprint density at radius 3 is 2.48 bits per heavy atom. The highest BCUT2D eigenvalue weighted by atomic mass is 19.1. The van der Waals surface area contributed by atoms with Crippen LogP contribution in [0.25, 0.3) is 11.1 Å². The molecule has 1 N–H and O–H groups in total. The van der Waals surface area contributed by atoms with Gasteiger partial charge in [-0.2, -0.15) is 5.26 Å². The summed E-state index contributed by atoms with van der Waals surface area (Å²) in [5, 5.41) is 18.6. The molecular formula is C26H30F2N2O3. The Bertz CT molecular complexity index is 1020. The average Bonchev–Trinajstić information content (AvgIpc) is 2.83. The first-order chi connectivity index (χ1) is 15.8. The van der Waals surface area contributed by atoms with Gasteiger partial charge in [-0.15, -0.1) is 0 Å². The number of ether oxygens (including phenoxy) is 1.